The Morgan fingerprint density at radius 3 is 1.23 bits per heavy atom. The van der Waals surface area contributed by atoms with Gasteiger partial charge in [0.05, 0.1) is 100 Å². The van der Waals surface area contributed by atoms with Gasteiger partial charge in [-0.15, -0.1) is 22.7 Å². The van der Waals surface area contributed by atoms with Crippen LogP contribution in [0.1, 0.15) is 118 Å². The van der Waals surface area contributed by atoms with Crippen LogP contribution in [0.2, 0.25) is 0 Å². The molecule has 2 saturated heterocycles. The quantitative estimate of drug-likeness (QED) is 0.0658. The second kappa shape index (κ2) is 24.1. The van der Waals surface area contributed by atoms with Crippen LogP contribution in [-0.4, -0.2) is 137 Å². The Morgan fingerprint density at radius 2 is 0.927 bits per heavy atom. The standard InChI is InChI=1S/C55H62F6N10O9S2/c1-29-17-47(54(56,57)58)64-70(29)25-39(68-13-9-31(10-14-68)52-62-37(27-81-52)35-23-45(79-66-35)49-41(75-5)19-33(73-3)20-42(49)76-6)51(72)40(26-71-30(2)18-48(65-71)55(59,60)61)69-15-11-32(12-16-69)53-63-38(28-82-53)36-24-46(80-67-36)50-43(77-7)21-34(74-4)22-44(50)78-8/h17-22,27-28,31-32,39-40,45-46H,9-16,23-26H2,1-8H3/t39?,40?,45-,46-/m1/s1. The van der Waals surface area contributed by atoms with Crippen molar-refractivity contribution in [3.8, 4) is 34.5 Å². The van der Waals surface area contributed by atoms with Crippen molar-refractivity contribution in [1.29, 1.82) is 0 Å². The van der Waals surface area contributed by atoms with Crippen molar-refractivity contribution in [3.63, 3.8) is 0 Å². The molecule has 4 aliphatic heterocycles. The zero-order chi connectivity index (χ0) is 58.2. The molecule has 0 amide bonds. The summed E-state index contributed by atoms with van der Waals surface area (Å²) in [6, 6.07) is 6.82. The summed E-state index contributed by atoms with van der Waals surface area (Å²) >= 11 is 2.96. The lowest BCUT2D eigenvalue weighted by molar-refractivity contribution is -0.142. The van der Waals surface area contributed by atoms with Gasteiger partial charge in [0.2, 0.25) is 0 Å². The number of oxime groups is 2. The number of nitrogens with zero attached hydrogens (tertiary/aromatic N) is 10. The molecule has 4 aliphatic rings. The average molecular weight is 1190 g/mol. The predicted molar refractivity (Wildman–Crippen MR) is 290 cm³/mol. The van der Waals surface area contributed by atoms with E-state index in [9.17, 15) is 26.3 Å². The van der Waals surface area contributed by atoms with Gasteiger partial charge in [0.15, 0.2) is 29.4 Å². The number of piperidine rings is 2. The monoisotopic (exact) mass is 1180 g/mol. The molecule has 0 radical (unpaired) electrons. The Morgan fingerprint density at radius 1 is 0.573 bits per heavy atom. The fourth-order valence-corrected chi connectivity index (χ4v) is 13.2. The largest absolute Gasteiger partial charge is 0.496 e. The number of aromatic nitrogens is 6. The number of alkyl halides is 6. The summed E-state index contributed by atoms with van der Waals surface area (Å²) in [5.74, 6) is 2.76. The van der Waals surface area contributed by atoms with Crippen molar-refractivity contribution >= 4 is 39.9 Å². The average Bonchev–Trinajstić information content (AvgIpc) is 4.53. The minimum atomic E-state index is -4.74. The van der Waals surface area contributed by atoms with Crippen molar-refractivity contribution in [3.05, 3.63) is 102 Å². The number of ether oxygens (including phenoxy) is 6. The Hall–Kier alpha value is -6.97. The Kier molecular flexibility index (Phi) is 17.1. The van der Waals surface area contributed by atoms with Crippen molar-refractivity contribution in [2.45, 2.75) is 114 Å². The molecule has 0 aliphatic carbocycles. The number of ketones is 1. The van der Waals surface area contributed by atoms with Gasteiger partial charge in [0, 0.05) is 71.1 Å². The molecular formula is C55H62F6N10O9S2. The van der Waals surface area contributed by atoms with Gasteiger partial charge in [-0.05, 0) is 77.8 Å². The molecule has 0 bridgehead atoms. The summed E-state index contributed by atoms with van der Waals surface area (Å²) in [6.45, 7) is 4.00. The Labute approximate surface area is 476 Å². The molecule has 0 saturated carbocycles. The highest BCUT2D eigenvalue weighted by atomic mass is 32.1. The molecule has 2 fully saturated rings. The van der Waals surface area contributed by atoms with Gasteiger partial charge in [-0.1, -0.05) is 10.3 Å². The molecule has 4 aromatic heterocycles. The summed E-state index contributed by atoms with van der Waals surface area (Å²) in [4.78, 5) is 41.4. The number of rotatable bonds is 20. The highest BCUT2D eigenvalue weighted by Crippen LogP contribution is 2.46. The molecule has 4 atom stereocenters. The van der Waals surface area contributed by atoms with E-state index in [2.05, 4.69) is 20.5 Å². The summed E-state index contributed by atoms with van der Waals surface area (Å²) in [7, 11) is 9.30. The lowest BCUT2D eigenvalue weighted by Gasteiger charge is -2.41. The first kappa shape index (κ1) is 58.2. The normalized spacial score (nSPS) is 19.3. The molecule has 2 unspecified atom stereocenters. The lowest BCUT2D eigenvalue weighted by atomic mass is 9.91. The van der Waals surface area contributed by atoms with Crippen molar-refractivity contribution in [1.82, 2.24) is 39.3 Å². The maximum atomic E-state index is 15.6. The van der Waals surface area contributed by atoms with Crippen molar-refractivity contribution < 1.29 is 69.2 Å². The number of Topliss-reactive ketones (excluding diaryl/α,β-unsaturated/α-hetero) is 1. The van der Waals surface area contributed by atoms with Crippen LogP contribution in [0.15, 0.2) is 57.5 Å². The van der Waals surface area contributed by atoms with E-state index in [1.54, 1.807) is 66.9 Å². The van der Waals surface area contributed by atoms with E-state index >= 15 is 4.79 Å². The number of methoxy groups -OCH3 is 6. The molecule has 19 nitrogen and oxygen atoms in total. The number of carbonyl (C=O) groups excluding carboxylic acids is 1. The second-order valence-electron chi connectivity index (χ2n) is 20.5. The van der Waals surface area contributed by atoms with Crippen molar-refractivity contribution in [2.75, 3.05) is 68.8 Å². The molecule has 82 heavy (non-hydrogen) atoms. The van der Waals surface area contributed by atoms with E-state index in [1.807, 2.05) is 20.6 Å². The van der Waals surface area contributed by atoms with Crippen LogP contribution in [0, 0.1) is 13.8 Å². The molecule has 27 heteroatoms. The minimum Gasteiger partial charge on any atom is -0.496 e. The number of hydrogen-bond acceptors (Lipinski definition) is 19. The highest BCUT2D eigenvalue weighted by molar-refractivity contribution is 7.10. The van der Waals surface area contributed by atoms with Gasteiger partial charge < -0.3 is 38.1 Å². The number of hydrogen-bond donors (Lipinski definition) is 0. The van der Waals surface area contributed by atoms with E-state index in [-0.39, 0.29) is 42.1 Å². The molecule has 2 aromatic carbocycles. The maximum Gasteiger partial charge on any atom is 0.435 e. The highest BCUT2D eigenvalue weighted by Gasteiger charge is 2.43. The molecule has 6 aromatic rings. The number of benzene rings is 2. The van der Waals surface area contributed by atoms with Crippen LogP contribution in [-0.2, 0) is 39.9 Å². The Balaban J connectivity index is 0.868. The van der Waals surface area contributed by atoms with E-state index in [1.165, 1.54) is 45.9 Å². The summed E-state index contributed by atoms with van der Waals surface area (Å²) in [5, 5.41) is 22.2. The lowest BCUT2D eigenvalue weighted by Crippen LogP contribution is -2.57. The summed E-state index contributed by atoms with van der Waals surface area (Å²) < 4.78 is 121. The first-order valence-corrected chi connectivity index (χ1v) is 28.3. The van der Waals surface area contributed by atoms with E-state index in [4.69, 9.17) is 48.1 Å². The second-order valence-corrected chi connectivity index (χ2v) is 22.2. The Bertz CT molecular complexity index is 3060. The van der Waals surface area contributed by atoms with Crippen LogP contribution in [0.4, 0.5) is 26.3 Å². The predicted octanol–water partition coefficient (Wildman–Crippen LogP) is 10.2. The zero-order valence-electron chi connectivity index (χ0n) is 46.3. The smallest absolute Gasteiger partial charge is 0.435 e. The number of aryl methyl sites for hydroxylation is 2. The molecule has 0 N–H and O–H groups in total. The molecular weight excluding hydrogens is 1120 g/mol. The van der Waals surface area contributed by atoms with Gasteiger partial charge in [0.1, 0.15) is 45.9 Å². The van der Waals surface area contributed by atoms with Crippen LogP contribution < -0.4 is 28.4 Å². The third-order valence-corrected chi connectivity index (χ3v) is 17.7. The third kappa shape index (κ3) is 12.1. The third-order valence-electron chi connectivity index (χ3n) is 15.7. The van der Waals surface area contributed by atoms with Crippen molar-refractivity contribution in [2.24, 2.45) is 10.3 Å². The number of carbonyl (C=O) groups is 1. The number of halogens is 6. The molecule has 8 heterocycles. The van der Waals surface area contributed by atoms with Gasteiger partial charge >= 0.3 is 12.4 Å². The van der Waals surface area contributed by atoms with Crippen LogP contribution in [0.3, 0.4) is 0 Å². The van der Waals surface area contributed by atoms with Gasteiger partial charge in [-0.3, -0.25) is 24.0 Å². The minimum absolute atomic E-state index is 0.0292. The SMILES string of the molecule is COc1cc(OC)c([C@H]2CC(c3csc(C4CCN(C(Cn5nc(C(F)(F)F)cc5C)C(=O)C(Cn5nc(C(F)(F)F)cc5C)N5CCC(c6nc(C7=NO[C@@H](c8c(OC)cc(OC)cc8OC)C7)cs6)CC5)CC4)n3)=NO2)c(OC)c1. The molecule has 0 spiro atoms. The fourth-order valence-electron chi connectivity index (χ4n) is 11.2. The zero-order valence-corrected chi connectivity index (χ0v) is 47.9. The first-order chi connectivity index (χ1) is 39.3. The number of likely N-dealkylation sites (tertiary alicyclic amines) is 2. The van der Waals surface area contributed by atoms with E-state index < -0.39 is 48.0 Å². The number of thiazole rings is 2. The molecule has 440 valence electrons. The summed E-state index contributed by atoms with van der Waals surface area (Å²) in [6.07, 6.45) is -7.54. The van der Waals surface area contributed by atoms with Crippen LogP contribution >= 0.6 is 22.7 Å². The molecule has 10 rings (SSSR count). The van der Waals surface area contributed by atoms with Crippen LogP contribution in [0.5, 0.6) is 34.5 Å². The summed E-state index contributed by atoms with van der Waals surface area (Å²) in [5.41, 5.74) is 2.15. The van der Waals surface area contributed by atoms with Crippen LogP contribution in [0.25, 0.3) is 0 Å². The first-order valence-electron chi connectivity index (χ1n) is 26.5. The van der Waals surface area contributed by atoms with Gasteiger partial charge in [-0.2, -0.15) is 36.5 Å². The van der Waals surface area contributed by atoms with E-state index in [0.717, 1.165) is 22.1 Å². The van der Waals surface area contributed by atoms with Gasteiger partial charge in [0.25, 0.3) is 0 Å². The fraction of sp³-hybridized carbons (Fsp3) is 0.509. The van der Waals surface area contributed by atoms with Gasteiger partial charge in [-0.25, -0.2) is 9.97 Å². The maximum absolute atomic E-state index is 15.6. The van der Waals surface area contributed by atoms with E-state index in [0.29, 0.717) is 133 Å². The topological polar surface area (TPSA) is 184 Å².